The fraction of sp³-hybridized carbons (Fsp3) is 0.667. The van der Waals surface area contributed by atoms with Crippen LogP contribution in [0.25, 0.3) is 0 Å². The number of hydrogen-bond acceptors (Lipinski definition) is 6. The molecule has 2 rings (SSSR count). The minimum atomic E-state index is -0.335. The van der Waals surface area contributed by atoms with E-state index in [9.17, 15) is 9.59 Å². The number of ether oxygens (including phenoxy) is 3. The number of unbranched alkanes of at least 4 members (excludes halogenated alkanes) is 12. The van der Waals surface area contributed by atoms with Gasteiger partial charge in [-0.15, -0.1) is 0 Å². The molecular weight excluding hydrogens is 526 g/mol. The van der Waals surface area contributed by atoms with Crippen LogP contribution < -0.4 is 5.32 Å². The van der Waals surface area contributed by atoms with Crippen molar-refractivity contribution in [2.45, 2.75) is 130 Å². The van der Waals surface area contributed by atoms with Crippen LogP contribution in [-0.2, 0) is 30.2 Å². The number of nitrogens with one attached hydrogen (secondary N) is 1. The average molecular weight is 584 g/mol. The number of allylic oxidation sites excluding steroid dienone is 2. The predicted octanol–water partition coefficient (Wildman–Crippen LogP) is 8.62. The molecule has 6 nitrogen and oxygen atoms in total. The quantitative estimate of drug-likeness (QED) is 0.0790. The van der Waals surface area contributed by atoms with Gasteiger partial charge in [0, 0.05) is 30.8 Å². The Morgan fingerprint density at radius 1 is 0.810 bits per heavy atom. The molecule has 1 unspecified atom stereocenters. The van der Waals surface area contributed by atoms with E-state index in [4.69, 9.17) is 14.2 Å². The smallest absolute Gasteiger partial charge is 0.336 e. The molecule has 1 heterocycles. The van der Waals surface area contributed by atoms with Crippen molar-refractivity contribution in [1.82, 2.24) is 5.32 Å². The summed E-state index contributed by atoms with van der Waals surface area (Å²) in [6.45, 7) is 9.66. The Balaban J connectivity index is 2.07. The van der Waals surface area contributed by atoms with Gasteiger partial charge in [0.05, 0.1) is 18.8 Å². The van der Waals surface area contributed by atoms with Gasteiger partial charge in [-0.05, 0) is 55.9 Å². The zero-order chi connectivity index (χ0) is 30.6. The lowest BCUT2D eigenvalue weighted by Crippen LogP contribution is -2.31. The number of esters is 1. The minimum absolute atomic E-state index is 0.199. The second-order valence-corrected chi connectivity index (χ2v) is 11.7. The first-order chi connectivity index (χ1) is 20.5. The normalized spacial score (nSPS) is 15.1. The molecule has 1 aromatic rings. The Morgan fingerprint density at radius 3 is 2.02 bits per heavy atom. The molecule has 42 heavy (non-hydrogen) atoms. The molecular formula is C36H57NO5. The van der Waals surface area contributed by atoms with E-state index >= 15 is 0 Å². The summed E-state index contributed by atoms with van der Waals surface area (Å²) in [5.41, 5.74) is 7.09. The number of aryl methyl sites for hydroxylation is 2. The lowest BCUT2D eigenvalue weighted by atomic mass is 9.75. The molecule has 0 saturated heterocycles. The van der Waals surface area contributed by atoms with Gasteiger partial charge in [0.2, 0.25) is 0 Å². The maximum atomic E-state index is 13.5. The first-order valence-corrected chi connectivity index (χ1v) is 16.4. The highest BCUT2D eigenvalue weighted by Crippen LogP contribution is 2.43. The summed E-state index contributed by atoms with van der Waals surface area (Å²) < 4.78 is 15.8. The number of carbonyl (C=O) groups excluding carboxylic acids is 2. The predicted molar refractivity (Wildman–Crippen MR) is 171 cm³/mol. The maximum absolute atomic E-state index is 13.5. The molecule has 1 atom stereocenters. The van der Waals surface area contributed by atoms with Crippen molar-refractivity contribution in [2.24, 2.45) is 0 Å². The summed E-state index contributed by atoms with van der Waals surface area (Å²) in [5, 5.41) is 3.40. The summed E-state index contributed by atoms with van der Waals surface area (Å²) >= 11 is 0. The Morgan fingerprint density at radius 2 is 1.43 bits per heavy atom. The molecule has 0 radical (unpaired) electrons. The SMILES string of the molecule is CCCCCCCCCCCCCCCc1cccc(C)c1C1C(CCOC=O)=C(C)NC(C)=C1C(=O)OCCOC. The van der Waals surface area contributed by atoms with Gasteiger partial charge in [-0.3, -0.25) is 4.79 Å². The molecule has 0 amide bonds. The van der Waals surface area contributed by atoms with Gasteiger partial charge in [0.25, 0.3) is 6.47 Å². The van der Waals surface area contributed by atoms with Crippen LogP contribution in [0.4, 0.5) is 0 Å². The van der Waals surface area contributed by atoms with Crippen LogP contribution in [0.5, 0.6) is 0 Å². The molecule has 0 saturated carbocycles. The molecule has 1 aliphatic heterocycles. The van der Waals surface area contributed by atoms with Gasteiger partial charge in [-0.25, -0.2) is 4.79 Å². The summed E-state index contributed by atoms with van der Waals surface area (Å²) in [7, 11) is 1.59. The third-order valence-electron chi connectivity index (χ3n) is 8.45. The number of dihydropyridines is 1. The van der Waals surface area contributed by atoms with Crippen molar-refractivity contribution in [3.05, 3.63) is 57.4 Å². The van der Waals surface area contributed by atoms with E-state index in [2.05, 4.69) is 37.4 Å². The van der Waals surface area contributed by atoms with Gasteiger partial charge in [0.15, 0.2) is 0 Å². The molecule has 0 aliphatic carbocycles. The van der Waals surface area contributed by atoms with Crippen molar-refractivity contribution >= 4 is 12.4 Å². The Labute approximate surface area is 255 Å². The second kappa shape index (κ2) is 21.1. The monoisotopic (exact) mass is 583 g/mol. The fourth-order valence-corrected chi connectivity index (χ4v) is 6.18. The van der Waals surface area contributed by atoms with Crippen LogP contribution in [0.2, 0.25) is 0 Å². The third kappa shape index (κ3) is 11.9. The zero-order valence-electron chi connectivity index (χ0n) is 27.2. The summed E-state index contributed by atoms with van der Waals surface area (Å²) in [6.07, 6.45) is 18.8. The van der Waals surface area contributed by atoms with Crippen LogP contribution in [0, 0.1) is 6.92 Å². The largest absolute Gasteiger partial charge is 0.468 e. The Kier molecular flexibility index (Phi) is 17.9. The first-order valence-electron chi connectivity index (χ1n) is 16.4. The standard InChI is InChI=1S/C36H57NO5/c1-6-7-8-9-10-11-12-13-14-15-16-17-18-21-31-22-19-20-28(2)33(31)35-32(23-24-41-27-38)29(3)37-30(4)34(35)36(39)42-26-25-40-5/h19-20,22,27,35,37H,6-18,21,23-26H2,1-5H3. The lowest BCUT2D eigenvalue weighted by Gasteiger charge is -2.34. The van der Waals surface area contributed by atoms with Crippen LogP contribution in [-0.4, -0.2) is 39.4 Å². The van der Waals surface area contributed by atoms with Gasteiger partial charge < -0.3 is 19.5 Å². The number of benzene rings is 1. The number of hydrogen-bond donors (Lipinski definition) is 1. The highest BCUT2D eigenvalue weighted by atomic mass is 16.6. The van der Waals surface area contributed by atoms with E-state index in [1.807, 2.05) is 13.8 Å². The van der Waals surface area contributed by atoms with Crippen molar-refractivity contribution in [2.75, 3.05) is 26.9 Å². The number of rotatable bonds is 23. The summed E-state index contributed by atoms with van der Waals surface area (Å²) in [5.74, 6) is -0.590. The molecule has 1 aromatic carbocycles. The molecule has 0 spiro atoms. The van der Waals surface area contributed by atoms with Gasteiger partial charge in [-0.1, -0.05) is 102 Å². The van der Waals surface area contributed by atoms with Crippen LogP contribution in [0.1, 0.15) is 133 Å². The van der Waals surface area contributed by atoms with E-state index in [1.165, 1.54) is 88.2 Å². The van der Waals surface area contributed by atoms with E-state index in [0.29, 0.717) is 25.1 Å². The van der Waals surface area contributed by atoms with Gasteiger partial charge >= 0.3 is 5.97 Å². The van der Waals surface area contributed by atoms with Crippen molar-refractivity contribution in [3.63, 3.8) is 0 Å². The highest BCUT2D eigenvalue weighted by molar-refractivity contribution is 5.93. The molecule has 1 N–H and O–H groups in total. The second-order valence-electron chi connectivity index (χ2n) is 11.7. The highest BCUT2D eigenvalue weighted by Gasteiger charge is 2.35. The van der Waals surface area contributed by atoms with E-state index in [-0.39, 0.29) is 25.1 Å². The zero-order valence-corrected chi connectivity index (χ0v) is 27.2. The molecule has 6 heteroatoms. The number of carbonyl (C=O) groups is 2. The summed E-state index contributed by atoms with van der Waals surface area (Å²) in [4.78, 5) is 24.4. The summed E-state index contributed by atoms with van der Waals surface area (Å²) in [6, 6.07) is 6.46. The van der Waals surface area contributed by atoms with Crippen LogP contribution in [0.15, 0.2) is 40.7 Å². The first kappa shape index (κ1) is 35.6. The number of methoxy groups -OCH3 is 1. The van der Waals surface area contributed by atoms with Crippen molar-refractivity contribution < 1.29 is 23.8 Å². The molecule has 236 valence electrons. The Hall–Kier alpha value is -2.60. The average Bonchev–Trinajstić information content (AvgIpc) is 2.96. The van der Waals surface area contributed by atoms with Crippen molar-refractivity contribution in [1.29, 1.82) is 0 Å². The fourth-order valence-electron chi connectivity index (χ4n) is 6.18. The molecule has 0 aromatic heterocycles. The van der Waals surface area contributed by atoms with Crippen LogP contribution in [0.3, 0.4) is 0 Å². The molecule has 0 fully saturated rings. The third-order valence-corrected chi connectivity index (χ3v) is 8.45. The minimum Gasteiger partial charge on any atom is -0.468 e. The molecule has 0 bridgehead atoms. The lowest BCUT2D eigenvalue weighted by molar-refractivity contribution is -0.140. The van der Waals surface area contributed by atoms with Gasteiger partial charge in [-0.2, -0.15) is 0 Å². The van der Waals surface area contributed by atoms with Crippen molar-refractivity contribution in [3.8, 4) is 0 Å². The van der Waals surface area contributed by atoms with E-state index in [0.717, 1.165) is 35.4 Å². The topological polar surface area (TPSA) is 73.9 Å². The van der Waals surface area contributed by atoms with E-state index < -0.39 is 0 Å². The molecule has 1 aliphatic rings. The van der Waals surface area contributed by atoms with E-state index in [1.54, 1.807) is 7.11 Å². The maximum Gasteiger partial charge on any atom is 0.336 e. The van der Waals surface area contributed by atoms with Crippen LogP contribution >= 0.6 is 0 Å². The Bertz CT molecular complexity index is 1010. The van der Waals surface area contributed by atoms with Gasteiger partial charge in [0.1, 0.15) is 6.61 Å².